The Balaban J connectivity index is 2.29. The molecule has 118 valence electrons. The quantitative estimate of drug-likeness (QED) is 0.901. The molecule has 1 fully saturated rings. The van der Waals surface area contributed by atoms with E-state index in [1.165, 1.54) is 16.4 Å². The summed E-state index contributed by atoms with van der Waals surface area (Å²) in [7, 11) is 0.217. The van der Waals surface area contributed by atoms with E-state index in [-0.39, 0.29) is 16.5 Å². The molecule has 0 saturated carbocycles. The Bertz CT molecular complexity index is 604. The minimum Gasteiger partial charge on any atom is -0.392 e. The molecule has 1 saturated heterocycles. The Morgan fingerprint density at radius 1 is 1.43 bits per heavy atom. The van der Waals surface area contributed by atoms with E-state index < -0.39 is 22.4 Å². The smallest absolute Gasteiger partial charge is 0.243 e. The number of benzene rings is 1. The first kappa shape index (κ1) is 16.4. The van der Waals surface area contributed by atoms with Crippen LogP contribution in [0.15, 0.2) is 23.1 Å². The van der Waals surface area contributed by atoms with Crippen LogP contribution in [0.1, 0.15) is 18.4 Å². The van der Waals surface area contributed by atoms with E-state index in [0.29, 0.717) is 13.1 Å². The SMILES string of the molecule is CN(C)C1CCCN(S(=O)(=O)c2ccc(F)c(CO)c2)C1. The lowest BCUT2D eigenvalue weighted by Crippen LogP contribution is -2.47. The number of sulfonamides is 1. The lowest BCUT2D eigenvalue weighted by molar-refractivity contribution is 0.190. The molecule has 1 aromatic carbocycles. The van der Waals surface area contributed by atoms with Gasteiger partial charge in [-0.25, -0.2) is 12.8 Å². The highest BCUT2D eigenvalue weighted by Gasteiger charge is 2.31. The predicted molar refractivity (Wildman–Crippen MR) is 77.8 cm³/mol. The summed E-state index contributed by atoms with van der Waals surface area (Å²) in [5.41, 5.74) is -0.00255. The normalized spacial score (nSPS) is 20.9. The summed E-state index contributed by atoms with van der Waals surface area (Å²) in [6.45, 7) is 0.384. The number of hydrogen-bond acceptors (Lipinski definition) is 4. The van der Waals surface area contributed by atoms with Crippen LogP contribution >= 0.6 is 0 Å². The number of hydrogen-bond donors (Lipinski definition) is 1. The van der Waals surface area contributed by atoms with Crippen molar-refractivity contribution in [3.05, 3.63) is 29.6 Å². The summed E-state index contributed by atoms with van der Waals surface area (Å²) in [5.74, 6) is -0.596. The highest BCUT2D eigenvalue weighted by molar-refractivity contribution is 7.89. The second kappa shape index (κ2) is 6.39. The topological polar surface area (TPSA) is 60.9 Å². The van der Waals surface area contributed by atoms with Crippen molar-refractivity contribution in [1.29, 1.82) is 0 Å². The molecule has 0 spiro atoms. The van der Waals surface area contributed by atoms with E-state index in [4.69, 9.17) is 5.11 Å². The van der Waals surface area contributed by atoms with Gasteiger partial charge in [-0.3, -0.25) is 0 Å². The van der Waals surface area contributed by atoms with Gasteiger partial charge in [0, 0.05) is 24.7 Å². The number of piperidine rings is 1. The fourth-order valence-electron chi connectivity index (χ4n) is 2.54. The van der Waals surface area contributed by atoms with E-state index >= 15 is 0 Å². The molecule has 5 nitrogen and oxygen atoms in total. The van der Waals surface area contributed by atoms with Gasteiger partial charge in [0.25, 0.3) is 0 Å². The molecule has 1 heterocycles. The first-order valence-electron chi connectivity index (χ1n) is 6.92. The third-order valence-corrected chi connectivity index (χ3v) is 5.78. The van der Waals surface area contributed by atoms with Crippen molar-refractivity contribution in [3.63, 3.8) is 0 Å². The zero-order valence-electron chi connectivity index (χ0n) is 12.3. The third kappa shape index (κ3) is 3.42. The lowest BCUT2D eigenvalue weighted by atomic mass is 10.1. The summed E-state index contributed by atoms with van der Waals surface area (Å²) >= 11 is 0. The Morgan fingerprint density at radius 3 is 2.76 bits per heavy atom. The largest absolute Gasteiger partial charge is 0.392 e. The van der Waals surface area contributed by atoms with Crippen molar-refractivity contribution >= 4 is 10.0 Å². The molecule has 0 radical (unpaired) electrons. The molecular weight excluding hydrogens is 295 g/mol. The van der Waals surface area contributed by atoms with E-state index in [1.807, 2.05) is 19.0 Å². The number of rotatable bonds is 4. The van der Waals surface area contributed by atoms with E-state index in [9.17, 15) is 12.8 Å². The Morgan fingerprint density at radius 2 is 2.14 bits per heavy atom. The van der Waals surface area contributed by atoms with Crippen molar-refractivity contribution in [3.8, 4) is 0 Å². The van der Waals surface area contributed by atoms with Gasteiger partial charge < -0.3 is 10.0 Å². The summed E-state index contributed by atoms with van der Waals surface area (Å²) in [4.78, 5) is 2.05. The Kier molecular flexibility index (Phi) is 4.98. The van der Waals surface area contributed by atoms with Crippen LogP contribution < -0.4 is 0 Å². The second-order valence-electron chi connectivity index (χ2n) is 5.53. The zero-order valence-corrected chi connectivity index (χ0v) is 13.1. The molecular formula is C14H21FN2O3S. The molecule has 1 unspecified atom stereocenters. The number of halogens is 1. The molecule has 1 aliphatic heterocycles. The van der Waals surface area contributed by atoms with Crippen LogP contribution in [0, 0.1) is 5.82 Å². The van der Waals surface area contributed by atoms with Crippen molar-refractivity contribution in [1.82, 2.24) is 9.21 Å². The van der Waals surface area contributed by atoms with Crippen LogP contribution in [0.5, 0.6) is 0 Å². The molecule has 0 amide bonds. The predicted octanol–water partition coefficient (Wildman–Crippen LogP) is 1.03. The van der Waals surface area contributed by atoms with Crippen LogP contribution in [0.25, 0.3) is 0 Å². The highest BCUT2D eigenvalue weighted by atomic mass is 32.2. The van der Waals surface area contributed by atoms with Gasteiger partial charge in [-0.05, 0) is 45.1 Å². The minimum absolute atomic E-state index is 0.00255. The fourth-order valence-corrected chi connectivity index (χ4v) is 4.11. The molecule has 0 aliphatic carbocycles. The van der Waals surface area contributed by atoms with E-state index in [1.54, 1.807) is 0 Å². The van der Waals surface area contributed by atoms with E-state index in [0.717, 1.165) is 18.9 Å². The molecule has 1 N–H and O–H groups in total. The summed E-state index contributed by atoms with van der Waals surface area (Å²) in [6.07, 6.45) is 1.76. The molecule has 0 bridgehead atoms. The molecule has 1 atom stereocenters. The van der Waals surface area contributed by atoms with Crippen LogP contribution in [-0.2, 0) is 16.6 Å². The maximum atomic E-state index is 13.4. The van der Waals surface area contributed by atoms with Crippen molar-refractivity contribution < 1.29 is 17.9 Å². The fraction of sp³-hybridized carbons (Fsp3) is 0.571. The van der Waals surface area contributed by atoms with Crippen molar-refractivity contribution in [2.45, 2.75) is 30.4 Å². The average Bonchev–Trinajstić information content (AvgIpc) is 2.47. The monoisotopic (exact) mass is 316 g/mol. The summed E-state index contributed by atoms with van der Waals surface area (Å²) in [5, 5.41) is 9.08. The van der Waals surface area contributed by atoms with Gasteiger partial charge in [0.1, 0.15) is 5.82 Å². The molecule has 21 heavy (non-hydrogen) atoms. The minimum atomic E-state index is -3.65. The van der Waals surface area contributed by atoms with Crippen molar-refractivity contribution in [2.75, 3.05) is 27.2 Å². The van der Waals surface area contributed by atoms with Gasteiger partial charge in [0.2, 0.25) is 10.0 Å². The van der Waals surface area contributed by atoms with Crippen LogP contribution in [0.4, 0.5) is 4.39 Å². The molecule has 0 aromatic heterocycles. The maximum Gasteiger partial charge on any atom is 0.243 e. The van der Waals surface area contributed by atoms with Gasteiger partial charge in [-0.2, -0.15) is 4.31 Å². The summed E-state index contributed by atoms with van der Waals surface area (Å²) in [6, 6.07) is 3.74. The van der Waals surface area contributed by atoms with Gasteiger partial charge >= 0.3 is 0 Å². The van der Waals surface area contributed by atoms with Gasteiger partial charge in [0.05, 0.1) is 11.5 Å². The first-order valence-corrected chi connectivity index (χ1v) is 8.36. The number of aliphatic hydroxyl groups is 1. The van der Waals surface area contributed by atoms with Gasteiger partial charge in [0.15, 0.2) is 0 Å². The van der Waals surface area contributed by atoms with Gasteiger partial charge in [-0.1, -0.05) is 0 Å². The average molecular weight is 316 g/mol. The lowest BCUT2D eigenvalue weighted by Gasteiger charge is -2.35. The molecule has 1 aliphatic rings. The molecule has 7 heteroatoms. The number of nitrogens with zero attached hydrogens (tertiary/aromatic N) is 2. The molecule has 1 aromatic rings. The summed E-state index contributed by atoms with van der Waals surface area (Å²) < 4.78 is 40.1. The molecule has 2 rings (SSSR count). The Labute approximate surface area is 125 Å². The Hall–Kier alpha value is -1.02. The standard InChI is InChI=1S/C14H21FN2O3S/c1-16(2)12-4-3-7-17(9-12)21(19,20)13-5-6-14(15)11(8-13)10-18/h5-6,8,12,18H,3-4,7,9-10H2,1-2H3. The third-order valence-electron chi connectivity index (χ3n) is 3.91. The highest BCUT2D eigenvalue weighted by Crippen LogP contribution is 2.23. The first-order chi connectivity index (χ1) is 9.86. The van der Waals surface area contributed by atoms with Crippen LogP contribution in [0.3, 0.4) is 0 Å². The van der Waals surface area contributed by atoms with E-state index in [2.05, 4.69) is 0 Å². The second-order valence-corrected chi connectivity index (χ2v) is 7.47. The van der Waals surface area contributed by atoms with Gasteiger partial charge in [-0.15, -0.1) is 0 Å². The number of aliphatic hydroxyl groups excluding tert-OH is 1. The van der Waals surface area contributed by atoms with Crippen LogP contribution in [0.2, 0.25) is 0 Å². The van der Waals surface area contributed by atoms with Crippen molar-refractivity contribution in [2.24, 2.45) is 0 Å². The van der Waals surface area contributed by atoms with Crippen LogP contribution in [-0.4, -0.2) is 56.0 Å². The zero-order chi connectivity index (χ0) is 15.6. The number of likely N-dealkylation sites (N-methyl/N-ethyl adjacent to an activating group) is 1. The maximum absolute atomic E-state index is 13.4.